The second kappa shape index (κ2) is 5.72. The van der Waals surface area contributed by atoms with Crippen molar-refractivity contribution in [3.8, 4) is 0 Å². The fraction of sp³-hybridized carbons (Fsp3) is 0.786. The van der Waals surface area contributed by atoms with Crippen LogP contribution in [0.2, 0.25) is 0 Å². The molecule has 1 aromatic rings. The summed E-state index contributed by atoms with van der Waals surface area (Å²) in [4.78, 5) is 18.4. The highest BCUT2D eigenvalue weighted by Crippen LogP contribution is 2.27. The normalized spacial score (nSPS) is 23.6. The van der Waals surface area contributed by atoms with E-state index in [2.05, 4.69) is 22.1 Å². The Morgan fingerprint density at radius 2 is 1.95 bits per heavy atom. The number of H-pyrrole nitrogens is 1. The van der Waals surface area contributed by atoms with E-state index in [-0.39, 0.29) is 11.8 Å². The van der Waals surface area contributed by atoms with Crippen molar-refractivity contribution in [2.45, 2.75) is 58.4 Å². The van der Waals surface area contributed by atoms with Crippen LogP contribution in [0.3, 0.4) is 0 Å². The Labute approximate surface area is 114 Å². The largest absolute Gasteiger partial charge is 0.336 e. The van der Waals surface area contributed by atoms with Crippen LogP contribution in [0.1, 0.15) is 68.8 Å². The van der Waals surface area contributed by atoms with E-state index < -0.39 is 0 Å². The van der Waals surface area contributed by atoms with Crippen LogP contribution in [0.25, 0.3) is 0 Å². The van der Waals surface area contributed by atoms with Crippen LogP contribution in [-0.4, -0.2) is 39.1 Å². The van der Waals surface area contributed by atoms with Crippen molar-refractivity contribution in [1.29, 1.82) is 0 Å². The van der Waals surface area contributed by atoms with Gasteiger partial charge in [-0.2, -0.15) is 0 Å². The van der Waals surface area contributed by atoms with E-state index in [0.717, 1.165) is 24.6 Å². The van der Waals surface area contributed by atoms with Crippen LogP contribution in [-0.2, 0) is 0 Å². The van der Waals surface area contributed by atoms with Gasteiger partial charge >= 0.3 is 0 Å². The molecular weight excluding hydrogens is 240 g/mol. The average Bonchev–Trinajstić information content (AvgIpc) is 2.87. The van der Waals surface area contributed by atoms with Gasteiger partial charge in [-0.15, -0.1) is 5.10 Å². The lowest BCUT2D eigenvalue weighted by Crippen LogP contribution is -2.39. The molecular formula is C14H24N4O. The first-order chi connectivity index (χ1) is 8.99. The van der Waals surface area contributed by atoms with Crippen LogP contribution in [0.4, 0.5) is 0 Å². The standard InChI is InChI=1S/C14H24N4O/c1-9(2)12-15-13(17-16-12)14(19)18(4)11-7-5-10(3)6-8-11/h9-11H,5-8H2,1-4H3,(H,15,16,17). The zero-order valence-electron chi connectivity index (χ0n) is 12.3. The Morgan fingerprint density at radius 3 is 2.47 bits per heavy atom. The fourth-order valence-electron chi connectivity index (χ4n) is 2.58. The maximum Gasteiger partial charge on any atom is 0.293 e. The van der Waals surface area contributed by atoms with Gasteiger partial charge in [0.05, 0.1) is 0 Å². The van der Waals surface area contributed by atoms with Gasteiger partial charge in [-0.25, -0.2) is 4.98 Å². The predicted octanol–water partition coefficient (Wildman–Crippen LogP) is 2.58. The molecule has 1 aromatic heterocycles. The third-order valence-corrected chi connectivity index (χ3v) is 4.09. The summed E-state index contributed by atoms with van der Waals surface area (Å²) >= 11 is 0. The molecule has 1 N–H and O–H groups in total. The predicted molar refractivity (Wildman–Crippen MR) is 74.0 cm³/mol. The number of carbonyl (C=O) groups excluding carboxylic acids is 1. The third kappa shape index (κ3) is 3.14. The van der Waals surface area contributed by atoms with Crippen molar-refractivity contribution >= 4 is 5.91 Å². The number of nitrogens with zero attached hydrogens (tertiary/aromatic N) is 3. The van der Waals surface area contributed by atoms with Crippen molar-refractivity contribution in [2.75, 3.05) is 7.05 Å². The number of aromatic nitrogens is 3. The minimum atomic E-state index is -0.0669. The summed E-state index contributed by atoms with van der Waals surface area (Å²) in [6, 6.07) is 0.338. The lowest BCUT2D eigenvalue weighted by molar-refractivity contribution is 0.0667. The van der Waals surface area contributed by atoms with E-state index in [4.69, 9.17) is 0 Å². The summed E-state index contributed by atoms with van der Waals surface area (Å²) in [6.07, 6.45) is 4.58. The van der Waals surface area contributed by atoms with Crippen LogP contribution >= 0.6 is 0 Å². The van der Waals surface area contributed by atoms with Gasteiger partial charge < -0.3 is 4.90 Å². The summed E-state index contributed by atoms with van der Waals surface area (Å²) in [5, 5.41) is 6.88. The second-order valence-corrected chi connectivity index (χ2v) is 6.03. The smallest absolute Gasteiger partial charge is 0.293 e. The molecule has 5 heteroatoms. The Hall–Kier alpha value is -1.39. The molecule has 0 unspecified atom stereocenters. The Bertz CT molecular complexity index is 432. The van der Waals surface area contributed by atoms with Crippen molar-refractivity contribution in [3.05, 3.63) is 11.6 Å². The molecule has 19 heavy (non-hydrogen) atoms. The van der Waals surface area contributed by atoms with Gasteiger partial charge in [-0.05, 0) is 31.6 Å². The van der Waals surface area contributed by atoms with Crippen molar-refractivity contribution in [3.63, 3.8) is 0 Å². The Balaban J connectivity index is 2.01. The number of aromatic amines is 1. The highest BCUT2D eigenvalue weighted by molar-refractivity contribution is 5.90. The molecule has 0 saturated heterocycles. The number of rotatable bonds is 3. The van der Waals surface area contributed by atoms with Crippen molar-refractivity contribution < 1.29 is 4.79 Å². The monoisotopic (exact) mass is 264 g/mol. The molecule has 1 amide bonds. The zero-order valence-corrected chi connectivity index (χ0v) is 12.3. The van der Waals surface area contributed by atoms with Crippen LogP contribution in [0, 0.1) is 5.92 Å². The highest BCUT2D eigenvalue weighted by atomic mass is 16.2. The molecule has 0 radical (unpaired) electrons. The summed E-state index contributed by atoms with van der Waals surface area (Å²) in [5.74, 6) is 2.05. The van der Waals surface area contributed by atoms with Crippen LogP contribution in [0.5, 0.6) is 0 Å². The highest BCUT2D eigenvalue weighted by Gasteiger charge is 2.27. The first kappa shape index (κ1) is 14.0. The maximum atomic E-state index is 12.3. The van der Waals surface area contributed by atoms with E-state index in [9.17, 15) is 4.79 Å². The molecule has 1 heterocycles. The van der Waals surface area contributed by atoms with Gasteiger partial charge in [0.2, 0.25) is 5.82 Å². The summed E-state index contributed by atoms with van der Waals surface area (Å²) < 4.78 is 0. The summed E-state index contributed by atoms with van der Waals surface area (Å²) in [5.41, 5.74) is 0. The lowest BCUT2D eigenvalue weighted by atomic mass is 9.87. The number of hydrogen-bond acceptors (Lipinski definition) is 3. The van der Waals surface area contributed by atoms with Crippen molar-refractivity contribution in [1.82, 2.24) is 20.1 Å². The van der Waals surface area contributed by atoms with Crippen LogP contribution < -0.4 is 0 Å². The molecule has 0 bridgehead atoms. The molecule has 2 rings (SSSR count). The molecule has 1 aliphatic carbocycles. The first-order valence-electron chi connectivity index (χ1n) is 7.18. The SMILES string of the molecule is CC1CCC(N(C)C(=O)c2n[nH]c(C(C)C)n2)CC1. The number of nitrogens with one attached hydrogen (secondary N) is 1. The van der Waals surface area contributed by atoms with E-state index in [0.29, 0.717) is 11.9 Å². The maximum absolute atomic E-state index is 12.3. The van der Waals surface area contributed by atoms with Gasteiger partial charge in [0, 0.05) is 19.0 Å². The molecule has 1 fully saturated rings. The number of carbonyl (C=O) groups is 1. The number of hydrogen-bond donors (Lipinski definition) is 1. The van der Waals surface area contributed by atoms with Gasteiger partial charge in [0.1, 0.15) is 5.82 Å². The Morgan fingerprint density at radius 1 is 1.32 bits per heavy atom. The van der Waals surface area contributed by atoms with E-state index in [1.807, 2.05) is 25.8 Å². The molecule has 0 aliphatic heterocycles. The molecule has 0 spiro atoms. The summed E-state index contributed by atoms with van der Waals surface area (Å²) in [7, 11) is 1.87. The lowest BCUT2D eigenvalue weighted by Gasteiger charge is -2.32. The van der Waals surface area contributed by atoms with Gasteiger partial charge in [0.25, 0.3) is 5.91 Å². The van der Waals surface area contributed by atoms with E-state index in [1.54, 1.807) is 0 Å². The van der Waals surface area contributed by atoms with Gasteiger partial charge in [-0.1, -0.05) is 20.8 Å². The minimum Gasteiger partial charge on any atom is -0.336 e. The van der Waals surface area contributed by atoms with Crippen molar-refractivity contribution in [2.24, 2.45) is 5.92 Å². The first-order valence-corrected chi connectivity index (χ1v) is 7.18. The minimum absolute atomic E-state index is 0.0669. The molecule has 106 valence electrons. The quantitative estimate of drug-likeness (QED) is 0.912. The molecule has 0 atom stereocenters. The zero-order chi connectivity index (χ0) is 14.0. The van der Waals surface area contributed by atoms with Crippen LogP contribution in [0.15, 0.2) is 0 Å². The molecule has 1 aliphatic rings. The van der Waals surface area contributed by atoms with Gasteiger partial charge in [-0.3, -0.25) is 9.89 Å². The molecule has 1 saturated carbocycles. The molecule has 0 aromatic carbocycles. The molecule has 5 nitrogen and oxygen atoms in total. The third-order valence-electron chi connectivity index (χ3n) is 4.09. The summed E-state index contributed by atoms with van der Waals surface area (Å²) in [6.45, 7) is 6.34. The second-order valence-electron chi connectivity index (χ2n) is 6.03. The Kier molecular flexibility index (Phi) is 4.22. The fourth-order valence-corrected chi connectivity index (χ4v) is 2.58. The van der Waals surface area contributed by atoms with E-state index >= 15 is 0 Å². The topological polar surface area (TPSA) is 61.9 Å². The van der Waals surface area contributed by atoms with Gasteiger partial charge in [0.15, 0.2) is 0 Å². The van der Waals surface area contributed by atoms with E-state index in [1.165, 1.54) is 12.8 Å². The average molecular weight is 264 g/mol. The number of amides is 1.